The molecule has 0 aromatic carbocycles. The van der Waals surface area contributed by atoms with Crippen molar-refractivity contribution in [3.05, 3.63) is 0 Å². The minimum Gasteiger partial charge on any atom is -0.481 e. The molecule has 3 aliphatic rings. The molecule has 1 radical (unpaired) electrons. The molecule has 0 aromatic rings. The molecule has 0 amide bonds. The van der Waals surface area contributed by atoms with Gasteiger partial charge in [0.1, 0.15) is 0 Å². The molecule has 3 fully saturated rings. The fraction of sp³-hybridized carbons (Fsp3) is 0.950. The molecule has 0 bridgehead atoms. The zero-order valence-corrected chi connectivity index (χ0v) is 18.0. The summed E-state index contributed by atoms with van der Waals surface area (Å²) in [6.45, 7) is 1.08. The number of carboxylic acids is 1. The van der Waals surface area contributed by atoms with Crippen LogP contribution in [0.5, 0.6) is 0 Å². The van der Waals surface area contributed by atoms with Crippen LogP contribution in [0.1, 0.15) is 84.0 Å². The summed E-state index contributed by atoms with van der Waals surface area (Å²) in [4.78, 5) is 9.00. The van der Waals surface area contributed by atoms with Gasteiger partial charge < -0.3 is 5.11 Å². The van der Waals surface area contributed by atoms with Crippen LogP contribution in [0.3, 0.4) is 0 Å². The number of rotatable bonds is 6. The predicted octanol–water partition coefficient (Wildman–Crippen LogP) is 6.14. The molecule has 0 heterocycles. The van der Waals surface area contributed by atoms with Crippen molar-refractivity contribution >= 4 is 25.7 Å². The molecule has 0 atom stereocenters. The van der Waals surface area contributed by atoms with Crippen LogP contribution >= 0.6 is 0 Å². The second-order valence-electron chi connectivity index (χ2n) is 8.33. The molecule has 3 rings (SSSR count). The molecule has 0 unspecified atom stereocenters. The third-order valence-corrected chi connectivity index (χ3v) is 16.0. The summed E-state index contributed by atoms with van der Waals surface area (Å²) in [7, 11) is 0. The van der Waals surface area contributed by atoms with Crippen molar-refractivity contribution in [3.63, 3.8) is 0 Å². The third-order valence-electron chi connectivity index (χ3n) is 6.16. The van der Waals surface area contributed by atoms with Gasteiger partial charge in [-0.15, -0.1) is 0 Å². The minimum atomic E-state index is -1.02. The van der Waals surface area contributed by atoms with E-state index in [4.69, 9.17) is 9.90 Å². The monoisotopic (exact) mass is 429 g/mol. The number of hydrogen-bond donors (Lipinski definition) is 1. The van der Waals surface area contributed by atoms with E-state index in [0.29, 0.717) is 0 Å². The standard InChI is InChI=1S/3C6H11.C2H4O2.Sn/c3*1-6-4-2-3-5-6;1-2(3)4;/h3*6H,1-5H2;1H3,(H,3,4);. The first-order chi connectivity index (χ1) is 11.1. The predicted molar refractivity (Wildman–Crippen MR) is 99.4 cm³/mol. The van der Waals surface area contributed by atoms with Crippen LogP contribution in [0.4, 0.5) is 0 Å². The molecule has 0 aliphatic heterocycles. The maximum Gasteiger partial charge on any atom is 0.300 e. The fourth-order valence-corrected chi connectivity index (χ4v) is 17.0. The Kier molecular flexibility index (Phi) is 9.37. The Bertz CT molecular complexity index is 280. The van der Waals surface area contributed by atoms with Crippen molar-refractivity contribution in [2.24, 2.45) is 17.8 Å². The van der Waals surface area contributed by atoms with Gasteiger partial charge in [0.2, 0.25) is 0 Å². The summed E-state index contributed by atoms with van der Waals surface area (Å²) in [5, 5.41) is 7.42. The molecule has 2 nitrogen and oxygen atoms in total. The van der Waals surface area contributed by atoms with Gasteiger partial charge in [0.05, 0.1) is 0 Å². The van der Waals surface area contributed by atoms with Crippen LogP contribution in [0.15, 0.2) is 0 Å². The van der Waals surface area contributed by atoms with Gasteiger partial charge in [-0.1, -0.05) is 0 Å². The normalized spacial score (nSPS) is 23.4. The zero-order chi connectivity index (χ0) is 16.5. The van der Waals surface area contributed by atoms with E-state index < -0.39 is 25.7 Å². The Hall–Kier alpha value is 0.269. The van der Waals surface area contributed by atoms with E-state index in [1.165, 1.54) is 17.8 Å². The summed E-state index contributed by atoms with van der Waals surface area (Å²) in [6.07, 6.45) is 19.0. The SMILES string of the molecule is C1CCC([CH2][Sn]([CH2]C2CCCC2)[CH2]C2CCCC2)C1.CC(=O)O. The van der Waals surface area contributed by atoms with E-state index in [1.54, 1.807) is 90.4 Å². The van der Waals surface area contributed by atoms with Crippen LogP contribution in [0.25, 0.3) is 0 Å². The average Bonchev–Trinajstić information content (AvgIpc) is 3.20. The Balaban J connectivity index is 0.000000433. The smallest absolute Gasteiger partial charge is 0.300 e. The van der Waals surface area contributed by atoms with Gasteiger partial charge in [-0.3, -0.25) is 4.79 Å². The van der Waals surface area contributed by atoms with Crippen molar-refractivity contribution < 1.29 is 9.90 Å². The Labute approximate surface area is 150 Å². The zero-order valence-electron chi connectivity index (χ0n) is 15.2. The van der Waals surface area contributed by atoms with E-state index in [-0.39, 0.29) is 0 Å². The van der Waals surface area contributed by atoms with Crippen molar-refractivity contribution in [1.29, 1.82) is 0 Å². The van der Waals surface area contributed by atoms with Crippen molar-refractivity contribution in [1.82, 2.24) is 0 Å². The van der Waals surface area contributed by atoms with E-state index in [9.17, 15) is 0 Å². The fourth-order valence-electron chi connectivity index (χ4n) is 5.12. The van der Waals surface area contributed by atoms with Crippen LogP contribution in [-0.4, -0.2) is 30.8 Å². The molecule has 1 N–H and O–H groups in total. The number of carbonyl (C=O) groups is 1. The summed E-state index contributed by atoms with van der Waals surface area (Å²) in [5.74, 6) is 2.78. The molecular formula is C20H37O2Sn. The van der Waals surface area contributed by atoms with E-state index in [1.807, 2.05) is 0 Å². The molecular weight excluding hydrogens is 391 g/mol. The summed E-state index contributed by atoms with van der Waals surface area (Å²) >= 11 is -1.02. The van der Waals surface area contributed by atoms with Crippen molar-refractivity contribution in [2.45, 2.75) is 97.3 Å². The quantitative estimate of drug-likeness (QED) is 0.516. The molecule has 23 heavy (non-hydrogen) atoms. The topological polar surface area (TPSA) is 37.3 Å². The number of aliphatic carboxylic acids is 1. The van der Waals surface area contributed by atoms with Crippen LogP contribution in [0.2, 0.25) is 13.3 Å². The van der Waals surface area contributed by atoms with Crippen molar-refractivity contribution in [2.75, 3.05) is 0 Å². The Morgan fingerprint density at radius 2 is 0.957 bits per heavy atom. The van der Waals surface area contributed by atoms with E-state index in [2.05, 4.69) is 0 Å². The Morgan fingerprint density at radius 1 is 0.739 bits per heavy atom. The summed E-state index contributed by atoms with van der Waals surface area (Å²) in [5.41, 5.74) is 0. The van der Waals surface area contributed by atoms with Gasteiger partial charge in [-0.25, -0.2) is 0 Å². The van der Waals surface area contributed by atoms with Crippen LogP contribution in [-0.2, 0) is 4.79 Å². The molecule has 3 saturated carbocycles. The van der Waals surface area contributed by atoms with Gasteiger partial charge >= 0.3 is 128 Å². The van der Waals surface area contributed by atoms with Crippen LogP contribution in [0, 0.1) is 17.8 Å². The average molecular weight is 428 g/mol. The van der Waals surface area contributed by atoms with Crippen molar-refractivity contribution in [3.8, 4) is 0 Å². The first-order valence-electron chi connectivity index (χ1n) is 10.2. The Morgan fingerprint density at radius 3 is 1.17 bits per heavy atom. The van der Waals surface area contributed by atoms with Gasteiger partial charge in [-0.05, 0) is 0 Å². The third kappa shape index (κ3) is 8.27. The van der Waals surface area contributed by atoms with E-state index in [0.717, 1.165) is 6.92 Å². The maximum absolute atomic E-state index is 9.00. The first-order valence-corrected chi connectivity index (χ1v) is 16.2. The molecule has 0 saturated heterocycles. The molecule has 3 heteroatoms. The van der Waals surface area contributed by atoms with Gasteiger partial charge in [0.25, 0.3) is 5.97 Å². The minimum absolute atomic E-state index is 0.833. The summed E-state index contributed by atoms with van der Waals surface area (Å²) in [6, 6.07) is 0. The molecule has 3 aliphatic carbocycles. The van der Waals surface area contributed by atoms with Gasteiger partial charge in [-0.2, -0.15) is 0 Å². The molecule has 0 spiro atoms. The van der Waals surface area contributed by atoms with Gasteiger partial charge in [0.15, 0.2) is 0 Å². The first kappa shape index (κ1) is 19.6. The van der Waals surface area contributed by atoms with Gasteiger partial charge in [0, 0.05) is 6.92 Å². The largest absolute Gasteiger partial charge is 0.481 e. The second-order valence-corrected chi connectivity index (χ2v) is 16.1. The van der Waals surface area contributed by atoms with E-state index >= 15 is 0 Å². The van der Waals surface area contributed by atoms with Crippen LogP contribution < -0.4 is 0 Å². The molecule has 133 valence electrons. The maximum atomic E-state index is 9.00. The second kappa shape index (κ2) is 11.0. The number of hydrogen-bond acceptors (Lipinski definition) is 1. The number of carboxylic acid groups (broad SMARTS) is 1. The molecule has 0 aromatic heterocycles. The summed E-state index contributed by atoms with van der Waals surface area (Å²) < 4.78 is 5.40.